The van der Waals surface area contributed by atoms with E-state index in [1.165, 1.54) is 22.3 Å². The summed E-state index contributed by atoms with van der Waals surface area (Å²) in [4.78, 5) is 2.35. The molecule has 108 valence electrons. The summed E-state index contributed by atoms with van der Waals surface area (Å²) < 4.78 is 0. The Bertz CT molecular complexity index is 640. The van der Waals surface area contributed by atoms with Gasteiger partial charge in [0.25, 0.3) is 0 Å². The average Bonchev–Trinajstić information content (AvgIpc) is 2.54. The summed E-state index contributed by atoms with van der Waals surface area (Å²) in [6.45, 7) is 2.16. The summed E-state index contributed by atoms with van der Waals surface area (Å²) in [5.74, 6) is 0.485. The van der Waals surface area contributed by atoms with Crippen molar-refractivity contribution in [3.05, 3.63) is 77.4 Å². The van der Waals surface area contributed by atoms with Crippen LogP contribution in [0.1, 0.15) is 36.0 Å². The molecule has 0 saturated carbocycles. The molecule has 0 saturated heterocycles. The van der Waals surface area contributed by atoms with Gasteiger partial charge in [0.15, 0.2) is 0 Å². The lowest BCUT2D eigenvalue weighted by atomic mass is 9.74. The van der Waals surface area contributed by atoms with Gasteiger partial charge in [-0.1, -0.05) is 60.7 Å². The number of hydrogen-bond donors (Lipinski definition) is 0. The summed E-state index contributed by atoms with van der Waals surface area (Å²) >= 11 is 0. The molecule has 0 amide bonds. The van der Waals surface area contributed by atoms with E-state index in [9.17, 15) is 0 Å². The lowest BCUT2D eigenvalue weighted by Gasteiger charge is -2.37. The average molecular weight is 277 g/mol. The van der Waals surface area contributed by atoms with Crippen molar-refractivity contribution in [2.75, 3.05) is 14.1 Å². The minimum Gasteiger partial charge on any atom is -0.302 e. The maximum atomic E-state index is 2.35. The van der Waals surface area contributed by atoms with Gasteiger partial charge in [-0.15, -0.1) is 0 Å². The highest BCUT2D eigenvalue weighted by Gasteiger charge is 2.31. The van der Waals surface area contributed by atoms with Crippen LogP contribution in [0.25, 0.3) is 5.57 Å². The molecule has 0 N–H and O–H groups in total. The van der Waals surface area contributed by atoms with Crippen LogP contribution < -0.4 is 0 Å². The molecular formula is C20H23N. The van der Waals surface area contributed by atoms with Gasteiger partial charge < -0.3 is 4.90 Å². The molecule has 0 bridgehead atoms. The van der Waals surface area contributed by atoms with E-state index in [0.717, 1.165) is 6.42 Å². The fourth-order valence-corrected chi connectivity index (χ4v) is 3.56. The van der Waals surface area contributed by atoms with E-state index in [1.54, 1.807) is 0 Å². The molecule has 21 heavy (non-hydrogen) atoms. The number of fused-ring (bicyclic) bond motifs is 1. The van der Waals surface area contributed by atoms with Crippen LogP contribution >= 0.6 is 0 Å². The van der Waals surface area contributed by atoms with Crippen LogP contribution in [0.15, 0.2) is 60.7 Å². The first-order valence-corrected chi connectivity index (χ1v) is 7.69. The van der Waals surface area contributed by atoms with E-state index >= 15 is 0 Å². The molecule has 2 atom stereocenters. The Hall–Kier alpha value is -1.86. The number of nitrogens with zero attached hydrogens (tertiary/aromatic N) is 1. The Kier molecular flexibility index (Phi) is 3.94. The monoisotopic (exact) mass is 277 g/mol. The van der Waals surface area contributed by atoms with E-state index in [-0.39, 0.29) is 0 Å². The highest BCUT2D eigenvalue weighted by atomic mass is 15.1. The zero-order valence-electron chi connectivity index (χ0n) is 13.1. The molecule has 2 aromatic rings. The van der Waals surface area contributed by atoms with Crippen molar-refractivity contribution < 1.29 is 0 Å². The molecule has 0 radical (unpaired) electrons. The van der Waals surface area contributed by atoms with Gasteiger partial charge in [0.1, 0.15) is 0 Å². The quantitative estimate of drug-likeness (QED) is 0.778. The molecule has 1 heteroatoms. The number of hydrogen-bond acceptors (Lipinski definition) is 1. The van der Waals surface area contributed by atoms with Gasteiger partial charge in [0.2, 0.25) is 0 Å². The summed E-state index contributed by atoms with van der Waals surface area (Å²) in [6, 6.07) is 20.3. The standard InChI is InChI=1S/C20H23N/c1-4-16-17-12-8-9-13-18(17)19(14-20(16)21(2)3)15-10-6-5-7-11-15/h4-13,19-20H,14H2,1-3H3/b16-4+. The Balaban J connectivity index is 2.14. The Morgan fingerprint density at radius 1 is 0.952 bits per heavy atom. The molecular weight excluding hydrogens is 254 g/mol. The first kappa shape index (κ1) is 14.1. The molecule has 2 unspecified atom stereocenters. The Labute approximate surface area is 127 Å². The molecule has 0 spiro atoms. The lowest BCUT2D eigenvalue weighted by Crippen LogP contribution is -2.34. The summed E-state index contributed by atoms with van der Waals surface area (Å²) in [6.07, 6.45) is 3.43. The van der Waals surface area contributed by atoms with Crippen LogP contribution in [0.4, 0.5) is 0 Å². The Morgan fingerprint density at radius 3 is 2.29 bits per heavy atom. The van der Waals surface area contributed by atoms with Crippen LogP contribution in [-0.2, 0) is 0 Å². The topological polar surface area (TPSA) is 3.24 Å². The van der Waals surface area contributed by atoms with E-state index in [2.05, 4.69) is 86.6 Å². The fraction of sp³-hybridized carbons (Fsp3) is 0.300. The van der Waals surface area contributed by atoms with Gasteiger partial charge in [-0.2, -0.15) is 0 Å². The van der Waals surface area contributed by atoms with Crippen molar-refractivity contribution in [2.24, 2.45) is 0 Å². The van der Waals surface area contributed by atoms with Crippen LogP contribution in [0.2, 0.25) is 0 Å². The van der Waals surface area contributed by atoms with Gasteiger partial charge in [-0.3, -0.25) is 0 Å². The SMILES string of the molecule is C/C=C1\c2ccccc2C(c2ccccc2)CC1N(C)C. The van der Waals surface area contributed by atoms with Crippen molar-refractivity contribution in [2.45, 2.75) is 25.3 Å². The third-order valence-corrected chi connectivity index (χ3v) is 4.60. The van der Waals surface area contributed by atoms with Crippen molar-refractivity contribution >= 4 is 5.57 Å². The second-order valence-electron chi connectivity index (χ2n) is 6.01. The van der Waals surface area contributed by atoms with E-state index < -0.39 is 0 Å². The van der Waals surface area contributed by atoms with Crippen molar-refractivity contribution in [1.82, 2.24) is 4.90 Å². The second-order valence-corrected chi connectivity index (χ2v) is 6.01. The van der Waals surface area contributed by atoms with Crippen LogP contribution in [0.3, 0.4) is 0 Å². The fourth-order valence-electron chi connectivity index (χ4n) is 3.56. The van der Waals surface area contributed by atoms with E-state index in [4.69, 9.17) is 0 Å². The number of rotatable bonds is 2. The smallest absolute Gasteiger partial charge is 0.0353 e. The zero-order valence-corrected chi connectivity index (χ0v) is 13.1. The van der Waals surface area contributed by atoms with Crippen LogP contribution in [0.5, 0.6) is 0 Å². The molecule has 3 rings (SSSR count). The normalized spacial score (nSPS) is 23.3. The molecule has 1 aliphatic rings. The summed E-state index contributed by atoms with van der Waals surface area (Å²) in [5.41, 5.74) is 5.77. The van der Waals surface area contributed by atoms with E-state index in [0.29, 0.717) is 12.0 Å². The molecule has 1 nitrogen and oxygen atoms in total. The minimum atomic E-state index is 0.482. The highest BCUT2D eigenvalue weighted by Crippen LogP contribution is 2.43. The van der Waals surface area contributed by atoms with Crippen molar-refractivity contribution in [1.29, 1.82) is 0 Å². The Morgan fingerprint density at radius 2 is 1.62 bits per heavy atom. The number of likely N-dealkylation sites (N-methyl/N-ethyl adjacent to an activating group) is 1. The third-order valence-electron chi connectivity index (χ3n) is 4.60. The molecule has 1 aliphatic carbocycles. The second kappa shape index (κ2) is 5.87. The minimum absolute atomic E-state index is 0.482. The largest absolute Gasteiger partial charge is 0.302 e. The van der Waals surface area contributed by atoms with Gasteiger partial charge in [-0.05, 0) is 49.7 Å². The maximum Gasteiger partial charge on any atom is 0.0353 e. The number of allylic oxidation sites excluding steroid dienone is 1. The molecule has 0 aliphatic heterocycles. The predicted molar refractivity (Wildman–Crippen MR) is 90.5 cm³/mol. The van der Waals surface area contributed by atoms with Gasteiger partial charge in [-0.25, -0.2) is 0 Å². The van der Waals surface area contributed by atoms with Crippen molar-refractivity contribution in [3.63, 3.8) is 0 Å². The van der Waals surface area contributed by atoms with Crippen molar-refractivity contribution in [3.8, 4) is 0 Å². The molecule has 0 heterocycles. The first-order valence-electron chi connectivity index (χ1n) is 7.69. The van der Waals surface area contributed by atoms with Crippen LogP contribution in [-0.4, -0.2) is 25.0 Å². The lowest BCUT2D eigenvalue weighted by molar-refractivity contribution is 0.322. The summed E-state index contributed by atoms with van der Waals surface area (Å²) in [5, 5.41) is 0. The molecule has 0 aromatic heterocycles. The zero-order chi connectivity index (χ0) is 14.8. The third kappa shape index (κ3) is 2.54. The maximum absolute atomic E-state index is 2.35. The van der Waals surface area contributed by atoms with Crippen LogP contribution in [0, 0.1) is 0 Å². The van der Waals surface area contributed by atoms with Gasteiger partial charge >= 0.3 is 0 Å². The molecule has 2 aromatic carbocycles. The first-order chi connectivity index (χ1) is 10.2. The highest BCUT2D eigenvalue weighted by molar-refractivity contribution is 5.75. The van der Waals surface area contributed by atoms with E-state index in [1.807, 2.05) is 0 Å². The molecule has 0 fully saturated rings. The predicted octanol–water partition coefficient (Wildman–Crippen LogP) is 4.56. The van der Waals surface area contributed by atoms with Gasteiger partial charge in [0, 0.05) is 12.0 Å². The van der Waals surface area contributed by atoms with Gasteiger partial charge in [0.05, 0.1) is 0 Å². The summed E-state index contributed by atoms with van der Waals surface area (Å²) in [7, 11) is 4.37. The number of benzene rings is 2.